The molecular weight excluding hydrogens is 142 g/mol. The van der Waals surface area contributed by atoms with Crippen molar-refractivity contribution in [2.45, 2.75) is 6.42 Å². The Hall–Kier alpha value is -0.280. The molecule has 54 valence electrons. The maximum atomic E-state index is 10.6. The molecule has 0 aliphatic carbocycles. The smallest absolute Gasteiger partial charge is 0.238 e. The molecule has 0 radical (unpaired) electrons. The number of hydrogen-bond acceptors (Lipinski definition) is 2. The minimum absolute atomic E-state index is 0.126. The third kappa shape index (κ3) is 4.24. The van der Waals surface area contributed by atoms with E-state index in [9.17, 15) is 4.79 Å². The van der Waals surface area contributed by atoms with Crippen molar-refractivity contribution >= 4 is 17.7 Å². The fourth-order valence-electron chi connectivity index (χ4n) is 0.343. The van der Waals surface area contributed by atoms with Crippen molar-refractivity contribution in [3.05, 3.63) is 0 Å². The molecule has 0 aliphatic rings. The molecule has 0 aromatic heterocycles. The van der Waals surface area contributed by atoms with Crippen LogP contribution in [-0.2, 0) is 9.53 Å². The molecule has 0 unspecified atom stereocenters. The predicted molar refractivity (Wildman–Crippen MR) is 35.1 cm³/mol. The van der Waals surface area contributed by atoms with Crippen LogP contribution in [0.3, 0.4) is 0 Å². The normalized spacial score (nSPS) is 9.22. The fourth-order valence-corrected chi connectivity index (χ4v) is 0.428. The number of methoxy groups -OCH3 is 1. The standard InChI is InChI=1S/C5H10ClNO2/c1-7(6)5(8)3-4-9-2/h3-4H2,1-2H3. The third-order valence-corrected chi connectivity index (χ3v) is 1.05. The summed E-state index contributed by atoms with van der Waals surface area (Å²) in [5, 5.41) is 0. The number of hydrogen-bond donors (Lipinski definition) is 0. The van der Waals surface area contributed by atoms with Gasteiger partial charge in [0.05, 0.1) is 13.0 Å². The SMILES string of the molecule is COCCC(=O)N(C)Cl. The summed E-state index contributed by atoms with van der Waals surface area (Å²) in [5.74, 6) is -0.126. The van der Waals surface area contributed by atoms with E-state index in [-0.39, 0.29) is 5.91 Å². The van der Waals surface area contributed by atoms with E-state index < -0.39 is 0 Å². The van der Waals surface area contributed by atoms with Crippen LogP contribution in [0.15, 0.2) is 0 Å². The Morgan fingerprint density at radius 3 is 2.67 bits per heavy atom. The zero-order chi connectivity index (χ0) is 7.28. The second-order valence-corrected chi connectivity index (χ2v) is 2.12. The summed E-state index contributed by atoms with van der Waals surface area (Å²) in [6.45, 7) is 0.426. The molecule has 0 N–H and O–H groups in total. The van der Waals surface area contributed by atoms with E-state index in [1.54, 1.807) is 7.11 Å². The molecule has 1 amide bonds. The van der Waals surface area contributed by atoms with Crippen LogP contribution in [0.25, 0.3) is 0 Å². The number of nitrogens with zero attached hydrogens (tertiary/aromatic N) is 1. The lowest BCUT2D eigenvalue weighted by atomic mass is 10.4. The van der Waals surface area contributed by atoms with Gasteiger partial charge in [-0.15, -0.1) is 0 Å². The van der Waals surface area contributed by atoms with Gasteiger partial charge in [-0.25, -0.2) is 0 Å². The summed E-state index contributed by atoms with van der Waals surface area (Å²) in [7, 11) is 3.04. The summed E-state index contributed by atoms with van der Waals surface area (Å²) in [6.07, 6.45) is 0.344. The van der Waals surface area contributed by atoms with Gasteiger partial charge in [0.15, 0.2) is 0 Å². The second kappa shape index (κ2) is 4.58. The van der Waals surface area contributed by atoms with Crippen LogP contribution >= 0.6 is 11.8 Å². The lowest BCUT2D eigenvalue weighted by Gasteiger charge is -2.04. The highest BCUT2D eigenvalue weighted by Crippen LogP contribution is 1.93. The lowest BCUT2D eigenvalue weighted by Crippen LogP contribution is -2.17. The molecular formula is C5H10ClNO2. The largest absolute Gasteiger partial charge is 0.384 e. The number of ether oxygens (including phenoxy) is 1. The van der Waals surface area contributed by atoms with Crippen LogP contribution in [0, 0.1) is 0 Å². The molecule has 3 nitrogen and oxygen atoms in total. The van der Waals surface area contributed by atoms with Crippen molar-refractivity contribution in [3.8, 4) is 0 Å². The molecule has 0 fully saturated rings. The van der Waals surface area contributed by atoms with E-state index in [1.165, 1.54) is 7.05 Å². The van der Waals surface area contributed by atoms with Crippen molar-refractivity contribution in [2.75, 3.05) is 20.8 Å². The molecule has 0 aromatic rings. The molecule has 9 heavy (non-hydrogen) atoms. The Morgan fingerprint density at radius 2 is 2.33 bits per heavy atom. The molecule has 0 aromatic carbocycles. The van der Waals surface area contributed by atoms with Crippen molar-refractivity contribution < 1.29 is 9.53 Å². The van der Waals surface area contributed by atoms with Crippen LogP contribution in [-0.4, -0.2) is 31.1 Å². The van der Waals surface area contributed by atoms with Crippen LogP contribution < -0.4 is 0 Å². The molecule has 0 rings (SSSR count). The van der Waals surface area contributed by atoms with E-state index in [0.717, 1.165) is 4.42 Å². The monoisotopic (exact) mass is 151 g/mol. The summed E-state index contributed by atoms with van der Waals surface area (Å²) in [6, 6.07) is 0. The van der Waals surface area contributed by atoms with E-state index in [0.29, 0.717) is 13.0 Å². The maximum absolute atomic E-state index is 10.6. The highest BCUT2D eigenvalue weighted by molar-refractivity contribution is 6.20. The van der Waals surface area contributed by atoms with Gasteiger partial charge in [0, 0.05) is 25.9 Å². The average molecular weight is 152 g/mol. The zero-order valence-corrected chi connectivity index (χ0v) is 6.31. The number of carbonyl (C=O) groups excluding carboxylic acids is 1. The van der Waals surface area contributed by atoms with Crippen LogP contribution in [0.5, 0.6) is 0 Å². The quantitative estimate of drug-likeness (QED) is 0.554. The van der Waals surface area contributed by atoms with Crippen LogP contribution in [0.1, 0.15) is 6.42 Å². The van der Waals surface area contributed by atoms with Crippen molar-refractivity contribution in [3.63, 3.8) is 0 Å². The number of amides is 1. The van der Waals surface area contributed by atoms with Gasteiger partial charge in [-0.2, -0.15) is 0 Å². The van der Waals surface area contributed by atoms with E-state index >= 15 is 0 Å². The molecule has 4 heteroatoms. The first-order valence-corrected chi connectivity index (χ1v) is 2.93. The first kappa shape index (κ1) is 8.72. The molecule has 0 bridgehead atoms. The van der Waals surface area contributed by atoms with Gasteiger partial charge < -0.3 is 4.74 Å². The van der Waals surface area contributed by atoms with Gasteiger partial charge in [-0.05, 0) is 0 Å². The highest BCUT2D eigenvalue weighted by Gasteiger charge is 2.03. The molecule has 0 saturated carbocycles. The summed E-state index contributed by atoms with van der Waals surface area (Å²) < 4.78 is 5.68. The number of carbonyl (C=O) groups is 1. The molecule has 0 saturated heterocycles. The topological polar surface area (TPSA) is 29.5 Å². The summed E-state index contributed by atoms with van der Waals surface area (Å²) in [5.41, 5.74) is 0. The molecule has 0 spiro atoms. The van der Waals surface area contributed by atoms with Crippen LogP contribution in [0.4, 0.5) is 0 Å². The van der Waals surface area contributed by atoms with E-state index in [1.807, 2.05) is 0 Å². The van der Waals surface area contributed by atoms with Gasteiger partial charge in [0.25, 0.3) is 0 Å². The second-order valence-electron chi connectivity index (χ2n) is 1.61. The minimum Gasteiger partial charge on any atom is -0.384 e. The Bertz CT molecular complexity index is 95.0. The van der Waals surface area contributed by atoms with Crippen molar-refractivity contribution in [2.24, 2.45) is 0 Å². The first-order valence-electron chi connectivity index (χ1n) is 2.59. The zero-order valence-electron chi connectivity index (χ0n) is 5.56. The lowest BCUT2D eigenvalue weighted by molar-refractivity contribution is -0.126. The number of rotatable bonds is 3. The predicted octanol–water partition coefficient (Wildman–Crippen LogP) is 0.635. The van der Waals surface area contributed by atoms with Gasteiger partial charge in [0.1, 0.15) is 0 Å². The Kier molecular flexibility index (Phi) is 4.44. The number of halogens is 1. The summed E-state index contributed by atoms with van der Waals surface area (Å²) in [4.78, 5) is 10.6. The van der Waals surface area contributed by atoms with Crippen molar-refractivity contribution in [1.82, 2.24) is 4.42 Å². The first-order chi connectivity index (χ1) is 4.18. The average Bonchev–Trinajstić information content (AvgIpc) is 1.82. The van der Waals surface area contributed by atoms with Crippen LogP contribution in [0.2, 0.25) is 0 Å². The maximum Gasteiger partial charge on any atom is 0.238 e. The molecule has 0 atom stereocenters. The van der Waals surface area contributed by atoms with Gasteiger partial charge in [0.2, 0.25) is 5.91 Å². The fraction of sp³-hybridized carbons (Fsp3) is 0.800. The van der Waals surface area contributed by atoms with Crippen molar-refractivity contribution in [1.29, 1.82) is 0 Å². The Labute approximate surface area is 59.6 Å². The van der Waals surface area contributed by atoms with E-state index in [4.69, 9.17) is 11.8 Å². The Balaban J connectivity index is 3.28. The highest BCUT2D eigenvalue weighted by atomic mass is 35.5. The Morgan fingerprint density at radius 1 is 1.78 bits per heavy atom. The molecule has 0 heterocycles. The summed E-state index contributed by atoms with van der Waals surface area (Å²) >= 11 is 5.29. The molecule has 0 aliphatic heterocycles. The van der Waals surface area contributed by atoms with Gasteiger partial charge >= 0.3 is 0 Å². The van der Waals surface area contributed by atoms with E-state index in [2.05, 4.69) is 4.74 Å². The minimum atomic E-state index is -0.126. The third-order valence-electron chi connectivity index (χ3n) is 0.864. The van der Waals surface area contributed by atoms with Gasteiger partial charge in [-0.1, -0.05) is 0 Å². The van der Waals surface area contributed by atoms with Gasteiger partial charge in [-0.3, -0.25) is 9.21 Å².